The molecule has 3 aromatic rings. The molecule has 1 atom stereocenters. The molecule has 190 valence electrons. The predicted molar refractivity (Wildman–Crippen MR) is 150 cm³/mol. The molecule has 0 radical (unpaired) electrons. The van der Waals surface area contributed by atoms with Gasteiger partial charge in [-0.05, 0) is 63.4 Å². The SMILES string of the molecule is Cc1ccc(SCCC(=O)N(Cc2ccccc2C)[C@H](Cc2ccccc2)C(=O)NC(C)(C)C)cc1. The summed E-state index contributed by atoms with van der Waals surface area (Å²) in [5.74, 6) is 0.521. The highest BCUT2D eigenvalue weighted by molar-refractivity contribution is 7.99. The van der Waals surface area contributed by atoms with Gasteiger partial charge in [-0.1, -0.05) is 72.3 Å². The topological polar surface area (TPSA) is 49.4 Å². The number of aryl methyl sites for hydroxylation is 2. The van der Waals surface area contributed by atoms with Crippen LogP contribution in [-0.2, 0) is 22.6 Å². The Morgan fingerprint density at radius 1 is 0.889 bits per heavy atom. The fourth-order valence-corrected chi connectivity index (χ4v) is 4.85. The van der Waals surface area contributed by atoms with Gasteiger partial charge in [0.1, 0.15) is 6.04 Å². The molecule has 0 spiro atoms. The second-order valence-electron chi connectivity index (χ2n) is 10.3. The minimum Gasteiger partial charge on any atom is -0.350 e. The highest BCUT2D eigenvalue weighted by Gasteiger charge is 2.32. The molecule has 0 aliphatic rings. The smallest absolute Gasteiger partial charge is 0.243 e. The lowest BCUT2D eigenvalue weighted by atomic mass is 9.99. The third-order valence-corrected chi connectivity index (χ3v) is 6.99. The number of nitrogens with one attached hydrogen (secondary N) is 1. The molecule has 2 amide bonds. The van der Waals surface area contributed by atoms with Crippen molar-refractivity contribution in [1.29, 1.82) is 0 Å². The molecule has 0 bridgehead atoms. The summed E-state index contributed by atoms with van der Waals surface area (Å²) < 4.78 is 0. The summed E-state index contributed by atoms with van der Waals surface area (Å²) in [6, 6.07) is 25.7. The summed E-state index contributed by atoms with van der Waals surface area (Å²) in [4.78, 5) is 30.3. The Morgan fingerprint density at radius 3 is 2.17 bits per heavy atom. The molecule has 1 N–H and O–H groups in total. The maximum Gasteiger partial charge on any atom is 0.243 e. The van der Waals surface area contributed by atoms with Gasteiger partial charge in [-0.2, -0.15) is 0 Å². The van der Waals surface area contributed by atoms with E-state index in [1.165, 1.54) is 5.56 Å². The molecule has 0 aliphatic carbocycles. The van der Waals surface area contributed by atoms with Crippen LogP contribution >= 0.6 is 11.8 Å². The third-order valence-electron chi connectivity index (χ3n) is 5.98. The molecule has 0 aliphatic heterocycles. The number of carbonyl (C=O) groups is 2. The van der Waals surface area contributed by atoms with Crippen LogP contribution in [0.4, 0.5) is 0 Å². The van der Waals surface area contributed by atoms with Gasteiger partial charge < -0.3 is 10.2 Å². The van der Waals surface area contributed by atoms with Crippen molar-refractivity contribution in [2.75, 3.05) is 5.75 Å². The molecule has 0 saturated heterocycles. The number of benzene rings is 3. The van der Waals surface area contributed by atoms with Crippen molar-refractivity contribution < 1.29 is 9.59 Å². The Morgan fingerprint density at radius 2 is 1.53 bits per heavy atom. The molecule has 0 unspecified atom stereocenters. The quantitative estimate of drug-likeness (QED) is 0.329. The minimum atomic E-state index is -0.608. The van der Waals surface area contributed by atoms with Crippen LogP contribution in [-0.4, -0.2) is 34.0 Å². The maximum atomic E-state index is 13.7. The molecular formula is C31H38N2O2S. The van der Waals surface area contributed by atoms with E-state index in [0.29, 0.717) is 25.1 Å². The van der Waals surface area contributed by atoms with Crippen LogP contribution in [0, 0.1) is 13.8 Å². The highest BCUT2D eigenvalue weighted by Crippen LogP contribution is 2.22. The van der Waals surface area contributed by atoms with E-state index in [0.717, 1.165) is 21.6 Å². The van der Waals surface area contributed by atoms with Crippen molar-refractivity contribution >= 4 is 23.6 Å². The van der Waals surface area contributed by atoms with Crippen molar-refractivity contribution in [3.05, 3.63) is 101 Å². The average Bonchev–Trinajstić information content (AvgIpc) is 2.83. The van der Waals surface area contributed by atoms with E-state index in [4.69, 9.17) is 0 Å². The third kappa shape index (κ3) is 8.56. The standard InChI is InChI=1S/C31H38N2O2S/c1-23-15-17-27(18-16-23)36-20-19-29(34)33(22-26-14-10-9-11-24(26)2)28(30(35)32-31(3,4)5)21-25-12-7-6-8-13-25/h6-18,28H,19-22H2,1-5H3,(H,32,35)/t28-/m1/s1. The first-order valence-corrected chi connectivity index (χ1v) is 13.5. The predicted octanol–water partition coefficient (Wildman–Crippen LogP) is 6.34. The Kier molecular flexibility index (Phi) is 9.77. The summed E-state index contributed by atoms with van der Waals surface area (Å²) in [5, 5.41) is 3.12. The van der Waals surface area contributed by atoms with Crippen LogP contribution < -0.4 is 5.32 Å². The van der Waals surface area contributed by atoms with Gasteiger partial charge in [-0.25, -0.2) is 0 Å². The number of rotatable bonds is 10. The van der Waals surface area contributed by atoms with Crippen LogP contribution in [0.2, 0.25) is 0 Å². The molecule has 0 heterocycles. The number of amides is 2. The first-order valence-electron chi connectivity index (χ1n) is 12.5. The molecule has 3 aromatic carbocycles. The monoisotopic (exact) mass is 502 g/mol. The Hall–Kier alpha value is -3.05. The van der Waals surface area contributed by atoms with E-state index in [9.17, 15) is 9.59 Å². The second-order valence-corrected chi connectivity index (χ2v) is 11.5. The zero-order chi connectivity index (χ0) is 26.1. The Bertz CT molecular complexity index is 1140. The van der Waals surface area contributed by atoms with Gasteiger partial charge in [0.25, 0.3) is 0 Å². The van der Waals surface area contributed by atoms with Crippen LogP contribution in [0.25, 0.3) is 0 Å². The first kappa shape index (κ1) is 27.5. The lowest BCUT2D eigenvalue weighted by molar-refractivity contribution is -0.141. The van der Waals surface area contributed by atoms with Crippen LogP contribution in [0.5, 0.6) is 0 Å². The first-order chi connectivity index (χ1) is 17.1. The number of nitrogens with zero attached hydrogens (tertiary/aromatic N) is 1. The van der Waals surface area contributed by atoms with Gasteiger partial charge in [0, 0.05) is 35.6 Å². The largest absolute Gasteiger partial charge is 0.350 e. The van der Waals surface area contributed by atoms with Crippen LogP contribution in [0.1, 0.15) is 49.4 Å². The Balaban J connectivity index is 1.87. The molecule has 36 heavy (non-hydrogen) atoms. The second kappa shape index (κ2) is 12.8. The Labute approximate surface area is 220 Å². The fraction of sp³-hybridized carbons (Fsp3) is 0.355. The zero-order valence-corrected chi connectivity index (χ0v) is 22.9. The summed E-state index contributed by atoms with van der Waals surface area (Å²) in [7, 11) is 0. The van der Waals surface area contributed by atoms with Crippen molar-refractivity contribution in [2.24, 2.45) is 0 Å². The van der Waals surface area contributed by atoms with E-state index >= 15 is 0 Å². The van der Waals surface area contributed by atoms with Gasteiger partial charge in [0.2, 0.25) is 11.8 Å². The van der Waals surface area contributed by atoms with Gasteiger partial charge in [-0.3, -0.25) is 9.59 Å². The number of hydrogen-bond acceptors (Lipinski definition) is 3. The molecular weight excluding hydrogens is 464 g/mol. The number of carbonyl (C=O) groups excluding carboxylic acids is 2. The molecule has 5 heteroatoms. The maximum absolute atomic E-state index is 13.7. The van der Waals surface area contributed by atoms with E-state index in [-0.39, 0.29) is 11.8 Å². The van der Waals surface area contributed by atoms with Crippen LogP contribution in [0.15, 0.2) is 83.8 Å². The lowest BCUT2D eigenvalue weighted by Gasteiger charge is -2.34. The van der Waals surface area contributed by atoms with Crippen molar-refractivity contribution in [1.82, 2.24) is 10.2 Å². The van der Waals surface area contributed by atoms with Crippen LogP contribution in [0.3, 0.4) is 0 Å². The van der Waals surface area contributed by atoms with Gasteiger partial charge in [0.05, 0.1) is 0 Å². The molecule has 3 rings (SSSR count). The van der Waals surface area contributed by atoms with E-state index in [1.807, 2.05) is 82.3 Å². The van der Waals surface area contributed by atoms with Crippen molar-refractivity contribution in [3.8, 4) is 0 Å². The molecule has 4 nitrogen and oxygen atoms in total. The van der Waals surface area contributed by atoms with E-state index in [1.54, 1.807) is 16.7 Å². The van der Waals surface area contributed by atoms with Gasteiger partial charge in [-0.15, -0.1) is 11.8 Å². The highest BCUT2D eigenvalue weighted by atomic mass is 32.2. The zero-order valence-electron chi connectivity index (χ0n) is 22.1. The van der Waals surface area contributed by atoms with E-state index in [2.05, 4.69) is 36.5 Å². The minimum absolute atomic E-state index is 0.0112. The van der Waals surface area contributed by atoms with E-state index < -0.39 is 11.6 Å². The fourth-order valence-electron chi connectivity index (χ4n) is 4.01. The van der Waals surface area contributed by atoms with Gasteiger partial charge in [0.15, 0.2) is 0 Å². The number of hydrogen-bond donors (Lipinski definition) is 1. The van der Waals surface area contributed by atoms with Crippen molar-refractivity contribution in [3.63, 3.8) is 0 Å². The molecule has 0 aromatic heterocycles. The number of thioether (sulfide) groups is 1. The summed E-state index contributed by atoms with van der Waals surface area (Å²) in [5.41, 5.74) is 4.01. The molecule has 0 fully saturated rings. The molecule has 0 saturated carbocycles. The summed E-state index contributed by atoms with van der Waals surface area (Å²) in [6.45, 7) is 10.4. The van der Waals surface area contributed by atoms with Crippen molar-refractivity contribution in [2.45, 2.75) is 70.5 Å². The summed E-state index contributed by atoms with van der Waals surface area (Å²) in [6.07, 6.45) is 0.823. The van der Waals surface area contributed by atoms with Gasteiger partial charge >= 0.3 is 0 Å². The normalized spacial score (nSPS) is 12.1. The average molecular weight is 503 g/mol. The lowest BCUT2D eigenvalue weighted by Crippen LogP contribution is -2.54. The summed E-state index contributed by atoms with van der Waals surface area (Å²) >= 11 is 1.67.